The third kappa shape index (κ3) is 1.54. The Labute approximate surface area is 82.4 Å². The van der Waals surface area contributed by atoms with Crippen LogP contribution in [0.1, 0.15) is 0 Å². The molecule has 0 saturated carbocycles. The molecule has 60 valence electrons. The average Bonchev–Trinajstić information content (AvgIpc) is 2.56. The zero-order valence-corrected chi connectivity index (χ0v) is 8.47. The van der Waals surface area contributed by atoms with E-state index in [4.69, 9.17) is 0 Å². The third-order valence-corrected chi connectivity index (χ3v) is 2.44. The van der Waals surface area contributed by atoms with Crippen molar-refractivity contribution >= 4 is 27.3 Å². The maximum absolute atomic E-state index is 4.28. The summed E-state index contributed by atoms with van der Waals surface area (Å²) in [6, 6.07) is 5.79. The fraction of sp³-hybridized carbons (Fsp3) is 0. The summed E-state index contributed by atoms with van der Waals surface area (Å²) < 4.78 is 0.841. The highest BCUT2D eigenvalue weighted by Crippen LogP contribution is 2.18. The molecule has 0 aliphatic carbocycles. The Hall–Kier alpha value is -0.740. The standard InChI is InChI=1S/C8H5BrN2S/c9-8-3-1-2-6(11-8)7-4-12-5-10-7/h1-5H. The first-order valence-corrected chi connectivity index (χ1v) is 5.11. The second kappa shape index (κ2) is 3.33. The van der Waals surface area contributed by atoms with Gasteiger partial charge in [0.1, 0.15) is 4.60 Å². The molecule has 0 saturated heterocycles. The number of thiazole rings is 1. The molecule has 0 radical (unpaired) electrons. The second-order valence-corrected chi connectivity index (χ2v) is 3.75. The van der Waals surface area contributed by atoms with E-state index in [1.165, 1.54) is 0 Å². The number of rotatable bonds is 1. The largest absolute Gasteiger partial charge is 0.243 e. The first kappa shape index (κ1) is 7.89. The molecule has 2 nitrogen and oxygen atoms in total. The lowest BCUT2D eigenvalue weighted by Crippen LogP contribution is -1.82. The van der Waals surface area contributed by atoms with E-state index in [-0.39, 0.29) is 0 Å². The molecule has 0 fully saturated rings. The topological polar surface area (TPSA) is 25.8 Å². The summed E-state index contributed by atoms with van der Waals surface area (Å²) in [5.74, 6) is 0. The molecule has 0 atom stereocenters. The number of hydrogen-bond donors (Lipinski definition) is 0. The number of aromatic nitrogens is 2. The number of halogens is 1. The molecule has 0 unspecified atom stereocenters. The summed E-state index contributed by atoms with van der Waals surface area (Å²) in [5.41, 5.74) is 3.64. The van der Waals surface area contributed by atoms with E-state index in [0.29, 0.717) is 0 Å². The molecule has 0 bridgehead atoms. The van der Waals surface area contributed by atoms with E-state index < -0.39 is 0 Å². The number of pyridine rings is 1. The molecule has 0 N–H and O–H groups in total. The maximum Gasteiger partial charge on any atom is 0.106 e. The van der Waals surface area contributed by atoms with Gasteiger partial charge in [-0.05, 0) is 28.1 Å². The number of nitrogens with zero attached hydrogens (tertiary/aromatic N) is 2. The molecule has 0 aliphatic heterocycles. The van der Waals surface area contributed by atoms with Crippen LogP contribution in [0.2, 0.25) is 0 Å². The van der Waals surface area contributed by atoms with Gasteiger partial charge in [-0.1, -0.05) is 6.07 Å². The van der Waals surface area contributed by atoms with Gasteiger partial charge >= 0.3 is 0 Å². The van der Waals surface area contributed by atoms with Crippen LogP contribution in [0.4, 0.5) is 0 Å². The molecule has 2 rings (SSSR count). The quantitative estimate of drug-likeness (QED) is 0.717. The molecule has 0 aliphatic rings. The smallest absolute Gasteiger partial charge is 0.106 e. The highest BCUT2D eigenvalue weighted by atomic mass is 79.9. The Kier molecular flexibility index (Phi) is 2.19. The number of hydrogen-bond acceptors (Lipinski definition) is 3. The Balaban J connectivity index is 2.48. The lowest BCUT2D eigenvalue weighted by molar-refractivity contribution is 1.25. The van der Waals surface area contributed by atoms with Gasteiger partial charge in [0.05, 0.1) is 16.9 Å². The van der Waals surface area contributed by atoms with E-state index in [2.05, 4.69) is 25.9 Å². The molecule has 0 amide bonds. The van der Waals surface area contributed by atoms with Crippen molar-refractivity contribution in [2.45, 2.75) is 0 Å². The average molecular weight is 241 g/mol. The van der Waals surface area contributed by atoms with Gasteiger partial charge in [0, 0.05) is 5.38 Å². The van der Waals surface area contributed by atoms with Crippen molar-refractivity contribution in [2.24, 2.45) is 0 Å². The van der Waals surface area contributed by atoms with E-state index in [1.54, 1.807) is 16.8 Å². The summed E-state index contributed by atoms with van der Waals surface area (Å²) in [5, 5.41) is 1.98. The molecular formula is C8H5BrN2S. The van der Waals surface area contributed by atoms with E-state index in [9.17, 15) is 0 Å². The van der Waals surface area contributed by atoms with E-state index in [1.807, 2.05) is 23.6 Å². The molecule has 0 aromatic carbocycles. The van der Waals surface area contributed by atoms with Gasteiger partial charge in [-0.25, -0.2) is 9.97 Å². The Bertz CT molecular complexity index is 372. The van der Waals surface area contributed by atoms with Crippen molar-refractivity contribution in [3.05, 3.63) is 33.7 Å². The summed E-state index contributed by atoms with van der Waals surface area (Å²) in [6.07, 6.45) is 0. The van der Waals surface area contributed by atoms with E-state index >= 15 is 0 Å². The van der Waals surface area contributed by atoms with Crippen LogP contribution in [0.5, 0.6) is 0 Å². The second-order valence-electron chi connectivity index (χ2n) is 2.22. The van der Waals surface area contributed by atoms with Gasteiger partial charge in [0.2, 0.25) is 0 Å². The van der Waals surface area contributed by atoms with Crippen molar-refractivity contribution in [2.75, 3.05) is 0 Å². The molecule has 12 heavy (non-hydrogen) atoms. The first-order chi connectivity index (χ1) is 5.86. The van der Waals surface area contributed by atoms with Crippen molar-refractivity contribution < 1.29 is 0 Å². The molecular weight excluding hydrogens is 236 g/mol. The summed E-state index contributed by atoms with van der Waals surface area (Å²) >= 11 is 4.89. The van der Waals surface area contributed by atoms with Crippen LogP contribution < -0.4 is 0 Å². The van der Waals surface area contributed by atoms with Crippen LogP contribution in [-0.2, 0) is 0 Å². The lowest BCUT2D eigenvalue weighted by Gasteiger charge is -1.94. The SMILES string of the molecule is Brc1cccc(-c2cscn2)n1. The van der Waals surface area contributed by atoms with Gasteiger partial charge in [-0.3, -0.25) is 0 Å². The fourth-order valence-corrected chi connectivity index (χ4v) is 1.78. The van der Waals surface area contributed by atoms with Gasteiger partial charge in [0.15, 0.2) is 0 Å². The zero-order valence-electron chi connectivity index (χ0n) is 6.07. The van der Waals surface area contributed by atoms with Crippen molar-refractivity contribution in [3.8, 4) is 11.4 Å². The van der Waals surface area contributed by atoms with Crippen molar-refractivity contribution in [3.63, 3.8) is 0 Å². The monoisotopic (exact) mass is 240 g/mol. The fourth-order valence-electron chi connectivity index (χ4n) is 0.890. The normalized spacial score (nSPS) is 10.1. The molecule has 2 aromatic heterocycles. The van der Waals surface area contributed by atoms with Gasteiger partial charge < -0.3 is 0 Å². The van der Waals surface area contributed by atoms with Crippen LogP contribution in [0.15, 0.2) is 33.7 Å². The van der Waals surface area contributed by atoms with Gasteiger partial charge in [0.25, 0.3) is 0 Å². The van der Waals surface area contributed by atoms with Crippen molar-refractivity contribution in [1.82, 2.24) is 9.97 Å². The van der Waals surface area contributed by atoms with Gasteiger partial charge in [-0.2, -0.15) is 0 Å². The Morgan fingerprint density at radius 1 is 1.25 bits per heavy atom. The lowest BCUT2D eigenvalue weighted by atomic mass is 10.3. The summed E-state index contributed by atoms with van der Waals surface area (Å²) in [7, 11) is 0. The van der Waals surface area contributed by atoms with Crippen LogP contribution in [-0.4, -0.2) is 9.97 Å². The third-order valence-electron chi connectivity index (χ3n) is 1.41. The highest BCUT2D eigenvalue weighted by molar-refractivity contribution is 9.10. The minimum Gasteiger partial charge on any atom is -0.243 e. The van der Waals surface area contributed by atoms with Gasteiger partial charge in [-0.15, -0.1) is 11.3 Å². The summed E-state index contributed by atoms with van der Waals surface area (Å²) in [6.45, 7) is 0. The van der Waals surface area contributed by atoms with Crippen LogP contribution in [0, 0.1) is 0 Å². The highest BCUT2D eigenvalue weighted by Gasteiger charge is 2.00. The Morgan fingerprint density at radius 2 is 2.17 bits per heavy atom. The first-order valence-electron chi connectivity index (χ1n) is 3.37. The van der Waals surface area contributed by atoms with Crippen LogP contribution in [0.25, 0.3) is 11.4 Å². The molecule has 2 heterocycles. The van der Waals surface area contributed by atoms with E-state index in [0.717, 1.165) is 16.0 Å². The molecule has 4 heteroatoms. The van der Waals surface area contributed by atoms with Crippen molar-refractivity contribution in [1.29, 1.82) is 0 Å². The predicted molar refractivity (Wildman–Crippen MR) is 53.0 cm³/mol. The summed E-state index contributed by atoms with van der Waals surface area (Å²) in [4.78, 5) is 8.44. The molecule has 2 aromatic rings. The minimum atomic E-state index is 0.841. The molecule has 0 spiro atoms. The zero-order chi connectivity index (χ0) is 8.39. The predicted octanol–water partition coefficient (Wildman–Crippen LogP) is 2.97. The maximum atomic E-state index is 4.28. The van der Waals surface area contributed by atoms with Crippen LogP contribution >= 0.6 is 27.3 Å². The Morgan fingerprint density at radius 3 is 2.83 bits per heavy atom. The minimum absolute atomic E-state index is 0.841. The van der Waals surface area contributed by atoms with Crippen LogP contribution in [0.3, 0.4) is 0 Å².